The van der Waals surface area contributed by atoms with Crippen molar-refractivity contribution in [1.82, 2.24) is 9.97 Å². The van der Waals surface area contributed by atoms with Crippen molar-refractivity contribution in [2.24, 2.45) is 5.73 Å². The summed E-state index contributed by atoms with van der Waals surface area (Å²) in [6.07, 6.45) is 7.05. The van der Waals surface area contributed by atoms with Crippen molar-refractivity contribution < 1.29 is 4.79 Å². The predicted molar refractivity (Wildman–Crippen MR) is 94.8 cm³/mol. The monoisotopic (exact) mass is 323 g/mol. The Kier molecular flexibility index (Phi) is 5.24. The molecule has 1 aromatic heterocycles. The van der Waals surface area contributed by atoms with Gasteiger partial charge in [-0.3, -0.25) is 4.79 Å². The second-order valence-electron chi connectivity index (χ2n) is 6.68. The van der Waals surface area contributed by atoms with E-state index in [1.54, 1.807) is 0 Å². The number of aryl methyl sites for hydroxylation is 1. The van der Waals surface area contributed by atoms with Gasteiger partial charge in [0.2, 0.25) is 5.91 Å². The van der Waals surface area contributed by atoms with Crippen molar-refractivity contribution in [3.8, 4) is 0 Å². The Hall–Kier alpha value is -2.23. The van der Waals surface area contributed by atoms with Gasteiger partial charge in [-0.15, -0.1) is 0 Å². The van der Waals surface area contributed by atoms with Gasteiger partial charge in [-0.25, -0.2) is 9.97 Å². The maximum absolute atomic E-state index is 11.0. The number of rotatable bonds is 6. The summed E-state index contributed by atoms with van der Waals surface area (Å²) in [5.74, 6) is 1.27. The van der Waals surface area contributed by atoms with E-state index >= 15 is 0 Å². The number of aromatic nitrogens is 2. The van der Waals surface area contributed by atoms with Gasteiger partial charge in [0, 0.05) is 23.7 Å². The van der Waals surface area contributed by atoms with Gasteiger partial charge >= 0.3 is 0 Å². The summed E-state index contributed by atoms with van der Waals surface area (Å²) < 4.78 is 0. The first-order chi connectivity index (χ1) is 11.6. The largest absolute Gasteiger partial charge is 0.369 e. The van der Waals surface area contributed by atoms with E-state index in [2.05, 4.69) is 25.1 Å². The van der Waals surface area contributed by atoms with Crippen LogP contribution in [0.5, 0.6) is 0 Å². The molecule has 0 radical (unpaired) electrons. The van der Waals surface area contributed by atoms with Gasteiger partial charge in [-0.1, -0.05) is 44.0 Å². The molecule has 1 aliphatic carbocycles. The maximum atomic E-state index is 11.0. The van der Waals surface area contributed by atoms with Crippen LogP contribution >= 0.6 is 0 Å². The first-order valence-corrected chi connectivity index (χ1v) is 8.87. The summed E-state index contributed by atoms with van der Waals surface area (Å²) in [7, 11) is 0. The molecule has 126 valence electrons. The Morgan fingerprint density at radius 3 is 2.33 bits per heavy atom. The SMILES string of the molecule is CCc1cc(Cc2ccc(CC(N)=O)cc2)nc(C2CCCC2)n1. The Labute approximate surface area is 143 Å². The van der Waals surface area contributed by atoms with E-state index in [4.69, 9.17) is 15.7 Å². The topological polar surface area (TPSA) is 68.9 Å². The fraction of sp³-hybridized carbons (Fsp3) is 0.450. The van der Waals surface area contributed by atoms with E-state index in [1.165, 1.54) is 31.2 Å². The van der Waals surface area contributed by atoms with Crippen molar-refractivity contribution in [1.29, 1.82) is 0 Å². The molecule has 1 amide bonds. The lowest BCUT2D eigenvalue weighted by Crippen LogP contribution is -2.13. The van der Waals surface area contributed by atoms with Gasteiger partial charge in [0.05, 0.1) is 6.42 Å². The van der Waals surface area contributed by atoms with E-state index in [-0.39, 0.29) is 5.91 Å². The molecule has 0 bridgehead atoms. The van der Waals surface area contributed by atoms with Crippen molar-refractivity contribution in [2.45, 2.75) is 57.8 Å². The number of benzene rings is 1. The zero-order chi connectivity index (χ0) is 16.9. The number of carbonyl (C=O) groups excluding carboxylic acids is 1. The number of nitrogens with zero attached hydrogens (tertiary/aromatic N) is 2. The van der Waals surface area contributed by atoms with Crippen LogP contribution in [0.4, 0.5) is 0 Å². The molecule has 4 nitrogen and oxygen atoms in total. The number of amides is 1. The van der Waals surface area contributed by atoms with Crippen LogP contribution < -0.4 is 5.73 Å². The fourth-order valence-electron chi connectivity index (χ4n) is 3.40. The van der Waals surface area contributed by atoms with Crippen LogP contribution in [0.2, 0.25) is 0 Å². The molecule has 2 N–H and O–H groups in total. The Balaban J connectivity index is 1.78. The van der Waals surface area contributed by atoms with Crippen LogP contribution in [0, 0.1) is 0 Å². The second kappa shape index (κ2) is 7.56. The average molecular weight is 323 g/mol. The summed E-state index contributed by atoms with van der Waals surface area (Å²) in [5, 5.41) is 0. The molecule has 0 aliphatic heterocycles. The third-order valence-electron chi connectivity index (χ3n) is 4.72. The van der Waals surface area contributed by atoms with E-state index in [0.717, 1.165) is 35.6 Å². The highest BCUT2D eigenvalue weighted by molar-refractivity contribution is 5.76. The van der Waals surface area contributed by atoms with Gasteiger partial charge in [-0.05, 0) is 36.5 Å². The van der Waals surface area contributed by atoms with Gasteiger partial charge in [0.15, 0.2) is 0 Å². The van der Waals surface area contributed by atoms with Gasteiger partial charge in [0.1, 0.15) is 5.82 Å². The molecule has 2 aromatic rings. The molecule has 0 spiro atoms. The number of nitrogens with two attached hydrogens (primary N) is 1. The van der Waals surface area contributed by atoms with Crippen molar-refractivity contribution in [3.63, 3.8) is 0 Å². The molecule has 0 atom stereocenters. The summed E-state index contributed by atoms with van der Waals surface area (Å²) in [5.41, 5.74) is 9.61. The van der Waals surface area contributed by atoms with E-state index in [1.807, 2.05) is 12.1 Å². The van der Waals surface area contributed by atoms with Crippen LogP contribution in [0.3, 0.4) is 0 Å². The highest BCUT2D eigenvalue weighted by atomic mass is 16.1. The average Bonchev–Trinajstić information content (AvgIpc) is 3.10. The standard InChI is InChI=1S/C20H25N3O/c1-2-17-13-18(23-20(22-17)16-5-3-4-6-16)11-14-7-9-15(10-8-14)12-19(21)24/h7-10,13,16H,2-6,11-12H2,1H3,(H2,21,24). The lowest BCUT2D eigenvalue weighted by atomic mass is 10.0. The molecule has 1 heterocycles. The Bertz CT molecular complexity index is 703. The van der Waals surface area contributed by atoms with Gasteiger partial charge in [-0.2, -0.15) is 0 Å². The van der Waals surface area contributed by atoms with Crippen molar-refractivity contribution >= 4 is 5.91 Å². The van der Waals surface area contributed by atoms with E-state index in [0.29, 0.717) is 12.3 Å². The number of primary amides is 1. The van der Waals surface area contributed by atoms with E-state index < -0.39 is 0 Å². The van der Waals surface area contributed by atoms with Crippen LogP contribution in [0.15, 0.2) is 30.3 Å². The number of hydrogen-bond donors (Lipinski definition) is 1. The lowest BCUT2D eigenvalue weighted by molar-refractivity contribution is -0.117. The first kappa shape index (κ1) is 16.6. The van der Waals surface area contributed by atoms with Crippen LogP contribution in [-0.4, -0.2) is 15.9 Å². The molecule has 1 saturated carbocycles. The third-order valence-corrected chi connectivity index (χ3v) is 4.72. The number of carbonyl (C=O) groups is 1. The lowest BCUT2D eigenvalue weighted by Gasteiger charge is -2.12. The molecule has 1 aromatic carbocycles. The van der Waals surface area contributed by atoms with E-state index in [9.17, 15) is 4.79 Å². The molecule has 24 heavy (non-hydrogen) atoms. The van der Waals surface area contributed by atoms with Crippen molar-refractivity contribution in [2.75, 3.05) is 0 Å². The number of hydrogen-bond acceptors (Lipinski definition) is 3. The zero-order valence-corrected chi connectivity index (χ0v) is 14.3. The highest BCUT2D eigenvalue weighted by Gasteiger charge is 2.20. The summed E-state index contributed by atoms with van der Waals surface area (Å²) in [4.78, 5) is 20.6. The normalized spacial score (nSPS) is 14.9. The highest BCUT2D eigenvalue weighted by Crippen LogP contribution is 2.32. The third kappa shape index (κ3) is 4.19. The molecular weight excluding hydrogens is 298 g/mol. The molecule has 1 fully saturated rings. The quantitative estimate of drug-likeness (QED) is 0.886. The smallest absolute Gasteiger partial charge is 0.221 e. The Morgan fingerprint density at radius 2 is 1.71 bits per heavy atom. The summed E-state index contributed by atoms with van der Waals surface area (Å²) in [6, 6.07) is 10.2. The molecule has 0 unspecified atom stereocenters. The summed E-state index contributed by atoms with van der Waals surface area (Å²) >= 11 is 0. The fourth-order valence-corrected chi connectivity index (χ4v) is 3.40. The minimum absolute atomic E-state index is 0.291. The summed E-state index contributed by atoms with van der Waals surface area (Å²) in [6.45, 7) is 2.14. The molecule has 1 aliphatic rings. The molecule has 0 saturated heterocycles. The van der Waals surface area contributed by atoms with Gasteiger partial charge in [0.25, 0.3) is 0 Å². The van der Waals surface area contributed by atoms with Crippen LogP contribution in [-0.2, 0) is 24.1 Å². The first-order valence-electron chi connectivity index (χ1n) is 8.87. The van der Waals surface area contributed by atoms with Gasteiger partial charge < -0.3 is 5.73 Å². The Morgan fingerprint density at radius 1 is 1.08 bits per heavy atom. The minimum Gasteiger partial charge on any atom is -0.369 e. The predicted octanol–water partition coefficient (Wildman–Crippen LogP) is 3.32. The second-order valence-corrected chi connectivity index (χ2v) is 6.68. The molecule has 3 rings (SSSR count). The van der Waals surface area contributed by atoms with Crippen molar-refractivity contribution in [3.05, 3.63) is 58.7 Å². The zero-order valence-electron chi connectivity index (χ0n) is 14.3. The van der Waals surface area contributed by atoms with Crippen LogP contribution in [0.25, 0.3) is 0 Å². The van der Waals surface area contributed by atoms with Crippen LogP contribution in [0.1, 0.15) is 66.9 Å². The molecular formula is C20H25N3O. The minimum atomic E-state index is -0.299. The maximum Gasteiger partial charge on any atom is 0.221 e. The molecule has 4 heteroatoms.